The lowest BCUT2D eigenvalue weighted by Gasteiger charge is -2.12. The molecule has 0 atom stereocenters. The van der Waals surface area contributed by atoms with Crippen LogP contribution < -0.4 is 9.47 Å². The van der Waals surface area contributed by atoms with Crippen molar-refractivity contribution in [3.05, 3.63) is 23.3 Å². The Morgan fingerprint density at radius 1 is 1.33 bits per heavy atom. The Morgan fingerprint density at radius 2 is 2.00 bits per heavy atom. The Balaban J connectivity index is 3.30. The molecule has 0 radical (unpaired) electrons. The summed E-state index contributed by atoms with van der Waals surface area (Å²) in [6, 6.07) is 3.27. The van der Waals surface area contributed by atoms with Gasteiger partial charge >= 0.3 is 0 Å². The first kappa shape index (κ1) is 11.5. The van der Waals surface area contributed by atoms with Gasteiger partial charge in [0, 0.05) is 5.56 Å². The summed E-state index contributed by atoms with van der Waals surface area (Å²) in [4.78, 5) is 11.4. The first-order valence-electron chi connectivity index (χ1n) is 4.51. The van der Waals surface area contributed by atoms with E-state index in [1.807, 2.05) is 0 Å². The zero-order valence-corrected chi connectivity index (χ0v) is 9.03. The Morgan fingerprint density at radius 3 is 2.47 bits per heavy atom. The molecule has 0 saturated heterocycles. The third-order valence-corrected chi connectivity index (χ3v) is 2.22. The maximum absolute atomic E-state index is 11.4. The van der Waals surface area contributed by atoms with Crippen molar-refractivity contribution in [2.75, 3.05) is 20.8 Å². The minimum Gasteiger partial charge on any atom is -0.496 e. The van der Waals surface area contributed by atoms with Crippen LogP contribution in [0.2, 0.25) is 0 Å². The van der Waals surface area contributed by atoms with Crippen LogP contribution in [0.25, 0.3) is 0 Å². The number of ether oxygens (including phenoxy) is 2. The number of ketones is 1. The number of carbonyl (C=O) groups excluding carboxylic acids is 1. The van der Waals surface area contributed by atoms with E-state index >= 15 is 0 Å². The summed E-state index contributed by atoms with van der Waals surface area (Å²) in [7, 11) is 3.03. The molecular weight excluding hydrogens is 196 g/mol. The number of rotatable bonds is 4. The van der Waals surface area contributed by atoms with E-state index in [0.717, 1.165) is 5.56 Å². The predicted molar refractivity (Wildman–Crippen MR) is 55.7 cm³/mol. The molecule has 0 aromatic heterocycles. The van der Waals surface area contributed by atoms with Gasteiger partial charge in [0.25, 0.3) is 0 Å². The predicted octanol–water partition coefficient (Wildman–Crippen LogP) is 1.19. The van der Waals surface area contributed by atoms with Crippen LogP contribution in [0.1, 0.15) is 15.9 Å². The SMILES string of the molecule is COc1ccc(C(=O)CO)c(OC)c1C. The minimum atomic E-state index is -0.526. The van der Waals surface area contributed by atoms with Crippen molar-refractivity contribution in [2.45, 2.75) is 6.92 Å². The molecule has 0 aliphatic heterocycles. The fourth-order valence-corrected chi connectivity index (χ4v) is 1.46. The summed E-state index contributed by atoms with van der Waals surface area (Å²) >= 11 is 0. The number of Topliss-reactive ketones (excluding diaryl/α,β-unsaturated/α-hetero) is 1. The van der Waals surface area contributed by atoms with Crippen LogP contribution in [0, 0.1) is 6.92 Å². The van der Waals surface area contributed by atoms with Crippen LogP contribution in [0.15, 0.2) is 12.1 Å². The second kappa shape index (κ2) is 4.79. The molecule has 0 spiro atoms. The zero-order chi connectivity index (χ0) is 11.4. The van der Waals surface area contributed by atoms with E-state index in [9.17, 15) is 4.79 Å². The van der Waals surface area contributed by atoms with E-state index in [1.54, 1.807) is 26.2 Å². The van der Waals surface area contributed by atoms with E-state index in [4.69, 9.17) is 14.6 Å². The third kappa shape index (κ3) is 2.10. The maximum atomic E-state index is 11.4. The lowest BCUT2D eigenvalue weighted by Crippen LogP contribution is -2.08. The maximum Gasteiger partial charge on any atom is 0.191 e. The van der Waals surface area contributed by atoms with Gasteiger partial charge in [0.05, 0.1) is 19.8 Å². The fourth-order valence-electron chi connectivity index (χ4n) is 1.46. The summed E-state index contributed by atoms with van der Waals surface area (Å²) < 4.78 is 10.2. The van der Waals surface area contributed by atoms with Gasteiger partial charge < -0.3 is 14.6 Å². The molecule has 0 unspecified atom stereocenters. The Hall–Kier alpha value is -1.55. The number of benzene rings is 1. The van der Waals surface area contributed by atoms with Gasteiger partial charge in [0.2, 0.25) is 0 Å². The van der Waals surface area contributed by atoms with Crippen LogP contribution >= 0.6 is 0 Å². The lowest BCUT2D eigenvalue weighted by molar-refractivity contribution is 0.0900. The van der Waals surface area contributed by atoms with Crippen molar-refractivity contribution in [3.63, 3.8) is 0 Å². The molecule has 0 aliphatic rings. The van der Waals surface area contributed by atoms with Crippen LogP contribution in [0.5, 0.6) is 11.5 Å². The van der Waals surface area contributed by atoms with Gasteiger partial charge in [-0.1, -0.05) is 0 Å². The van der Waals surface area contributed by atoms with Crippen LogP contribution in [-0.2, 0) is 0 Å². The summed E-state index contributed by atoms with van der Waals surface area (Å²) in [5.74, 6) is 0.743. The highest BCUT2D eigenvalue weighted by molar-refractivity contribution is 6.00. The van der Waals surface area contributed by atoms with Crippen molar-refractivity contribution in [2.24, 2.45) is 0 Å². The number of methoxy groups -OCH3 is 2. The highest BCUT2D eigenvalue weighted by atomic mass is 16.5. The average molecular weight is 210 g/mol. The van der Waals surface area contributed by atoms with Gasteiger partial charge in [0.1, 0.15) is 18.1 Å². The first-order chi connectivity index (χ1) is 7.15. The van der Waals surface area contributed by atoms with Crippen molar-refractivity contribution in [1.82, 2.24) is 0 Å². The largest absolute Gasteiger partial charge is 0.496 e. The molecule has 0 aliphatic carbocycles. The Kier molecular flexibility index (Phi) is 3.68. The monoisotopic (exact) mass is 210 g/mol. The third-order valence-electron chi connectivity index (χ3n) is 2.22. The molecule has 4 heteroatoms. The van der Waals surface area contributed by atoms with E-state index in [1.165, 1.54) is 7.11 Å². The summed E-state index contributed by atoms with van der Waals surface area (Å²) in [6.45, 7) is 1.27. The fraction of sp³-hybridized carbons (Fsp3) is 0.364. The quantitative estimate of drug-likeness (QED) is 0.758. The molecule has 1 aromatic rings. The average Bonchev–Trinajstić information content (AvgIpc) is 2.27. The molecule has 4 nitrogen and oxygen atoms in total. The lowest BCUT2D eigenvalue weighted by atomic mass is 10.1. The molecule has 15 heavy (non-hydrogen) atoms. The van der Waals surface area contributed by atoms with Gasteiger partial charge in [-0.15, -0.1) is 0 Å². The molecule has 1 rings (SSSR count). The molecule has 0 saturated carbocycles. The number of aliphatic hydroxyl groups excluding tert-OH is 1. The highest BCUT2D eigenvalue weighted by Gasteiger charge is 2.15. The first-order valence-corrected chi connectivity index (χ1v) is 4.51. The Labute approximate surface area is 88.4 Å². The van der Waals surface area contributed by atoms with E-state index in [0.29, 0.717) is 17.1 Å². The molecule has 0 fully saturated rings. The van der Waals surface area contributed by atoms with Crippen molar-refractivity contribution in [3.8, 4) is 11.5 Å². The molecule has 82 valence electrons. The topological polar surface area (TPSA) is 55.8 Å². The number of carbonyl (C=O) groups is 1. The van der Waals surface area contributed by atoms with Crippen LogP contribution in [-0.4, -0.2) is 31.7 Å². The van der Waals surface area contributed by atoms with Gasteiger partial charge in [-0.05, 0) is 19.1 Å². The molecule has 1 aromatic carbocycles. The molecule has 0 amide bonds. The minimum absolute atomic E-state index is 0.363. The van der Waals surface area contributed by atoms with Crippen LogP contribution in [0.4, 0.5) is 0 Å². The van der Waals surface area contributed by atoms with Gasteiger partial charge in [-0.25, -0.2) is 0 Å². The van der Waals surface area contributed by atoms with Crippen molar-refractivity contribution < 1.29 is 19.4 Å². The summed E-state index contributed by atoms with van der Waals surface area (Å²) in [5.41, 5.74) is 1.12. The second-order valence-electron chi connectivity index (χ2n) is 3.05. The molecule has 0 heterocycles. The van der Waals surface area contributed by atoms with Gasteiger partial charge in [-0.2, -0.15) is 0 Å². The normalized spacial score (nSPS) is 9.87. The van der Waals surface area contributed by atoms with E-state index in [-0.39, 0.29) is 5.78 Å². The number of aliphatic hydroxyl groups is 1. The smallest absolute Gasteiger partial charge is 0.191 e. The number of hydrogen-bond acceptors (Lipinski definition) is 4. The summed E-state index contributed by atoms with van der Waals surface area (Å²) in [6.07, 6.45) is 0. The standard InChI is InChI=1S/C11H14O4/c1-7-10(14-2)5-4-8(9(13)6-12)11(7)15-3/h4-5,12H,6H2,1-3H3. The summed E-state index contributed by atoms with van der Waals surface area (Å²) in [5, 5.41) is 8.79. The zero-order valence-electron chi connectivity index (χ0n) is 9.03. The van der Waals surface area contributed by atoms with E-state index < -0.39 is 6.61 Å². The molecule has 1 N–H and O–H groups in total. The number of hydrogen-bond donors (Lipinski definition) is 1. The van der Waals surface area contributed by atoms with Crippen molar-refractivity contribution in [1.29, 1.82) is 0 Å². The van der Waals surface area contributed by atoms with Crippen molar-refractivity contribution >= 4 is 5.78 Å². The Bertz CT molecular complexity index is 371. The molecular formula is C11H14O4. The highest BCUT2D eigenvalue weighted by Crippen LogP contribution is 2.31. The molecule has 0 bridgehead atoms. The van der Waals surface area contributed by atoms with E-state index in [2.05, 4.69) is 0 Å². The second-order valence-corrected chi connectivity index (χ2v) is 3.05. The van der Waals surface area contributed by atoms with Crippen LogP contribution in [0.3, 0.4) is 0 Å². The van der Waals surface area contributed by atoms with Gasteiger partial charge in [-0.3, -0.25) is 4.79 Å². The van der Waals surface area contributed by atoms with Gasteiger partial charge in [0.15, 0.2) is 5.78 Å².